The van der Waals surface area contributed by atoms with E-state index in [1.54, 1.807) is 0 Å². The van der Waals surface area contributed by atoms with E-state index in [4.69, 9.17) is 4.74 Å². The van der Waals surface area contributed by atoms with Crippen molar-refractivity contribution >= 4 is 17.4 Å². The summed E-state index contributed by atoms with van der Waals surface area (Å²) in [7, 11) is 0. The highest BCUT2D eigenvalue weighted by Gasteiger charge is 2.32. The predicted octanol–water partition coefficient (Wildman–Crippen LogP) is 0.809. The summed E-state index contributed by atoms with van der Waals surface area (Å²) in [5.74, 6) is 0.913. The lowest BCUT2D eigenvalue weighted by atomic mass is 9.92. The summed E-state index contributed by atoms with van der Waals surface area (Å²) >= 11 is 0. The van der Waals surface area contributed by atoms with Crippen molar-refractivity contribution in [2.24, 2.45) is 5.92 Å². The van der Waals surface area contributed by atoms with Gasteiger partial charge in [0.05, 0.1) is 11.5 Å². The Morgan fingerprint density at radius 3 is 3.08 bits per heavy atom. The number of piperidine rings is 1. The minimum Gasteiger partial charge on any atom is -0.375 e. The Kier molecular flexibility index (Phi) is 4.47. The molecule has 26 heavy (non-hydrogen) atoms. The lowest BCUT2D eigenvalue weighted by Gasteiger charge is -2.37. The van der Waals surface area contributed by atoms with Gasteiger partial charge in [-0.05, 0) is 62.1 Å². The fourth-order valence-corrected chi connectivity index (χ4v) is 3.88. The molecule has 0 unspecified atom stereocenters. The molecular weight excluding hydrogens is 334 g/mol. The third-order valence-corrected chi connectivity index (χ3v) is 5.22. The molecule has 4 rings (SSSR count). The van der Waals surface area contributed by atoms with Gasteiger partial charge in [0.2, 0.25) is 5.91 Å². The number of rotatable bonds is 3. The molecule has 2 aliphatic heterocycles. The van der Waals surface area contributed by atoms with Gasteiger partial charge in [-0.3, -0.25) is 4.79 Å². The second kappa shape index (κ2) is 6.79. The van der Waals surface area contributed by atoms with Gasteiger partial charge in [0, 0.05) is 25.7 Å². The number of aromatic nitrogens is 5. The molecule has 2 aromatic heterocycles. The summed E-state index contributed by atoms with van der Waals surface area (Å²) < 4.78 is 7.16. The van der Waals surface area contributed by atoms with Crippen molar-refractivity contribution in [1.29, 1.82) is 0 Å². The van der Waals surface area contributed by atoms with Crippen LogP contribution in [0, 0.1) is 5.92 Å². The van der Waals surface area contributed by atoms with Gasteiger partial charge in [0.25, 0.3) is 0 Å². The van der Waals surface area contributed by atoms with Crippen LogP contribution in [0.15, 0.2) is 12.1 Å². The maximum atomic E-state index is 12.8. The van der Waals surface area contributed by atoms with Crippen molar-refractivity contribution < 1.29 is 9.53 Å². The number of anilines is 1. The topological polar surface area (TPSA) is 97.5 Å². The molecule has 2 saturated heterocycles. The van der Waals surface area contributed by atoms with Gasteiger partial charge in [0.1, 0.15) is 0 Å². The van der Waals surface area contributed by atoms with Crippen LogP contribution < -0.4 is 10.2 Å². The van der Waals surface area contributed by atoms with Crippen molar-refractivity contribution in [3.63, 3.8) is 0 Å². The number of ether oxygens (including phenoxy) is 1. The summed E-state index contributed by atoms with van der Waals surface area (Å²) in [4.78, 5) is 14.9. The molecule has 0 spiro atoms. The van der Waals surface area contributed by atoms with Crippen LogP contribution in [0.5, 0.6) is 0 Å². The summed E-state index contributed by atoms with van der Waals surface area (Å²) in [5.41, 5.74) is 0.446. The zero-order valence-corrected chi connectivity index (χ0v) is 15.3. The molecule has 1 amide bonds. The second-order valence-corrected chi connectivity index (χ2v) is 7.81. The van der Waals surface area contributed by atoms with Crippen molar-refractivity contribution in [1.82, 2.24) is 30.6 Å². The number of carbonyl (C=O) groups excluding carboxylic acids is 1. The number of hydrogen-bond donors (Lipinski definition) is 1. The van der Waals surface area contributed by atoms with Gasteiger partial charge >= 0.3 is 0 Å². The van der Waals surface area contributed by atoms with Gasteiger partial charge in [-0.1, -0.05) is 0 Å². The predicted molar refractivity (Wildman–Crippen MR) is 94.7 cm³/mol. The number of nitrogens with one attached hydrogen (secondary N) is 1. The standard InChI is InChI=1S/C17H25N7O2/c1-17(2)10-13(7-9-26-17)18-16(25)12-4-3-8-23(11-12)15-6-5-14-19-21-22-24(14)20-15/h5-6,12-13H,3-4,7-11H2,1-2H3,(H,18,25)/t12-,13-/m0/s1. The molecular formula is C17H25N7O2. The van der Waals surface area contributed by atoms with Crippen molar-refractivity contribution in [2.75, 3.05) is 24.6 Å². The number of carbonyl (C=O) groups is 1. The molecule has 0 radical (unpaired) electrons. The monoisotopic (exact) mass is 359 g/mol. The summed E-state index contributed by atoms with van der Waals surface area (Å²) in [5, 5.41) is 19.0. The second-order valence-electron chi connectivity index (χ2n) is 7.81. The van der Waals surface area contributed by atoms with Crippen LogP contribution in [0.2, 0.25) is 0 Å². The van der Waals surface area contributed by atoms with E-state index in [1.165, 1.54) is 4.63 Å². The molecule has 0 aliphatic carbocycles. The zero-order chi connectivity index (χ0) is 18.1. The van der Waals surface area contributed by atoms with Crippen LogP contribution >= 0.6 is 0 Å². The largest absolute Gasteiger partial charge is 0.375 e. The van der Waals surface area contributed by atoms with Gasteiger partial charge < -0.3 is 15.0 Å². The van der Waals surface area contributed by atoms with Gasteiger partial charge in [-0.15, -0.1) is 14.8 Å². The first-order valence-corrected chi connectivity index (χ1v) is 9.25. The Balaban J connectivity index is 1.40. The third kappa shape index (κ3) is 3.62. The fraction of sp³-hybridized carbons (Fsp3) is 0.706. The van der Waals surface area contributed by atoms with Crippen LogP contribution in [0.3, 0.4) is 0 Å². The minimum atomic E-state index is -0.167. The maximum absolute atomic E-state index is 12.8. The molecule has 2 atom stereocenters. The van der Waals surface area contributed by atoms with E-state index in [9.17, 15) is 4.79 Å². The molecule has 9 heteroatoms. The Morgan fingerprint density at radius 1 is 1.35 bits per heavy atom. The number of fused-ring (bicyclic) bond motifs is 1. The highest BCUT2D eigenvalue weighted by molar-refractivity contribution is 5.79. The molecule has 1 N–H and O–H groups in total. The zero-order valence-electron chi connectivity index (χ0n) is 15.3. The molecule has 0 saturated carbocycles. The first-order valence-electron chi connectivity index (χ1n) is 9.25. The highest BCUT2D eigenvalue weighted by Crippen LogP contribution is 2.26. The van der Waals surface area contributed by atoms with E-state index in [2.05, 4.69) is 44.7 Å². The summed E-state index contributed by atoms with van der Waals surface area (Å²) in [6, 6.07) is 3.95. The quantitative estimate of drug-likeness (QED) is 0.866. The van der Waals surface area contributed by atoms with Crippen LogP contribution in [-0.4, -0.2) is 62.5 Å². The first-order chi connectivity index (χ1) is 12.5. The number of hydrogen-bond acceptors (Lipinski definition) is 7. The Hall–Kier alpha value is -2.29. The fourth-order valence-electron chi connectivity index (χ4n) is 3.88. The number of amides is 1. The Labute approximate surface area is 152 Å². The van der Waals surface area contributed by atoms with E-state index < -0.39 is 0 Å². The lowest BCUT2D eigenvalue weighted by molar-refractivity contribution is -0.128. The average Bonchev–Trinajstić information content (AvgIpc) is 3.08. The van der Waals surface area contributed by atoms with E-state index in [-0.39, 0.29) is 23.5 Å². The molecule has 2 aromatic rings. The van der Waals surface area contributed by atoms with E-state index >= 15 is 0 Å². The molecule has 2 aliphatic rings. The Morgan fingerprint density at radius 2 is 2.23 bits per heavy atom. The normalized spacial score (nSPS) is 26.0. The smallest absolute Gasteiger partial charge is 0.225 e. The van der Waals surface area contributed by atoms with Gasteiger partial charge in [-0.25, -0.2) is 0 Å². The van der Waals surface area contributed by atoms with E-state index in [1.807, 2.05) is 12.1 Å². The van der Waals surface area contributed by atoms with Crippen molar-refractivity contribution in [2.45, 2.75) is 51.2 Å². The summed E-state index contributed by atoms with van der Waals surface area (Å²) in [6.45, 7) is 6.40. The Bertz CT molecular complexity index is 790. The molecule has 0 aromatic carbocycles. The molecule has 140 valence electrons. The van der Waals surface area contributed by atoms with E-state index in [0.717, 1.165) is 38.0 Å². The van der Waals surface area contributed by atoms with Gasteiger partial charge in [0.15, 0.2) is 11.5 Å². The summed E-state index contributed by atoms with van der Waals surface area (Å²) in [6.07, 6.45) is 3.60. The minimum absolute atomic E-state index is 0.0268. The molecule has 4 heterocycles. The SMILES string of the molecule is CC1(C)C[C@@H](NC(=O)[C@H]2CCCN(c3ccc4nnnn4n3)C2)CCO1. The number of nitrogens with zero attached hydrogens (tertiary/aromatic N) is 6. The third-order valence-electron chi connectivity index (χ3n) is 5.22. The van der Waals surface area contributed by atoms with Crippen LogP contribution in [0.25, 0.3) is 5.65 Å². The highest BCUT2D eigenvalue weighted by atomic mass is 16.5. The molecule has 2 fully saturated rings. The van der Waals surface area contributed by atoms with Crippen LogP contribution in [0.4, 0.5) is 5.82 Å². The van der Waals surface area contributed by atoms with E-state index in [0.29, 0.717) is 18.8 Å². The van der Waals surface area contributed by atoms with Crippen LogP contribution in [-0.2, 0) is 9.53 Å². The lowest BCUT2D eigenvalue weighted by Crippen LogP contribution is -2.50. The first kappa shape index (κ1) is 17.1. The van der Waals surface area contributed by atoms with Crippen LogP contribution in [0.1, 0.15) is 39.5 Å². The molecule has 0 bridgehead atoms. The number of tetrazole rings is 1. The average molecular weight is 359 g/mol. The van der Waals surface area contributed by atoms with Crippen molar-refractivity contribution in [3.8, 4) is 0 Å². The van der Waals surface area contributed by atoms with Gasteiger partial charge in [-0.2, -0.15) is 0 Å². The molecule has 9 nitrogen and oxygen atoms in total. The van der Waals surface area contributed by atoms with Crippen molar-refractivity contribution in [3.05, 3.63) is 12.1 Å². The maximum Gasteiger partial charge on any atom is 0.225 e.